The van der Waals surface area contributed by atoms with Gasteiger partial charge in [-0.3, -0.25) is 0 Å². The Morgan fingerprint density at radius 1 is 1.67 bits per heavy atom. The van der Waals surface area contributed by atoms with Gasteiger partial charge in [-0.05, 0) is 6.92 Å². The number of aliphatic hydroxyl groups excluding tert-OH is 1. The van der Waals surface area contributed by atoms with Crippen LogP contribution in [0.5, 0.6) is 0 Å². The van der Waals surface area contributed by atoms with Gasteiger partial charge in [-0.1, -0.05) is 0 Å². The van der Waals surface area contributed by atoms with E-state index in [1.54, 1.807) is 5.38 Å². The summed E-state index contributed by atoms with van der Waals surface area (Å²) < 4.78 is 0. The van der Waals surface area contributed by atoms with Crippen LogP contribution in [0.1, 0.15) is 17.0 Å². The second-order valence-corrected chi connectivity index (χ2v) is 2.59. The lowest BCUT2D eigenvalue weighted by molar-refractivity contribution is -0.0426. The molecule has 0 amide bonds. The van der Waals surface area contributed by atoms with Gasteiger partial charge in [0.2, 0.25) is 6.29 Å². The van der Waals surface area contributed by atoms with E-state index in [0.717, 1.165) is 5.69 Å². The van der Waals surface area contributed by atoms with Crippen molar-refractivity contribution < 1.29 is 10.2 Å². The summed E-state index contributed by atoms with van der Waals surface area (Å²) >= 11 is 1.25. The Morgan fingerprint density at radius 2 is 2.33 bits per heavy atom. The summed E-state index contributed by atoms with van der Waals surface area (Å²) in [4.78, 5) is 3.83. The maximum atomic E-state index is 8.54. The highest BCUT2D eigenvalue weighted by Crippen LogP contribution is 2.14. The highest BCUT2D eigenvalue weighted by atomic mass is 32.1. The molecule has 0 aliphatic heterocycles. The molecule has 0 aromatic carbocycles. The van der Waals surface area contributed by atoms with Crippen molar-refractivity contribution in [3.63, 3.8) is 0 Å². The van der Waals surface area contributed by atoms with Crippen LogP contribution in [-0.2, 0) is 0 Å². The van der Waals surface area contributed by atoms with Gasteiger partial charge in [0.15, 0.2) is 0 Å². The van der Waals surface area contributed by atoms with Gasteiger partial charge in [0.05, 0.1) is 0 Å². The summed E-state index contributed by atoms with van der Waals surface area (Å²) in [5, 5.41) is 19.2. The first-order valence-corrected chi connectivity index (χ1v) is 3.36. The number of hydrogen-bond acceptors (Lipinski definition) is 4. The average Bonchev–Trinajstić information content (AvgIpc) is 2.14. The van der Waals surface area contributed by atoms with Crippen LogP contribution in [0, 0.1) is 6.92 Å². The Bertz CT molecular complexity index is 197. The molecule has 0 aliphatic rings. The molecule has 0 fully saturated rings. The molecule has 9 heavy (non-hydrogen) atoms. The van der Waals surface area contributed by atoms with Crippen molar-refractivity contribution in [3.8, 4) is 0 Å². The van der Waals surface area contributed by atoms with E-state index in [9.17, 15) is 0 Å². The predicted octanol–water partition coefficient (Wildman–Crippen LogP) is 0.435. The third-order valence-corrected chi connectivity index (χ3v) is 1.86. The van der Waals surface area contributed by atoms with E-state index in [2.05, 4.69) is 4.98 Å². The van der Waals surface area contributed by atoms with Crippen LogP contribution >= 0.6 is 11.3 Å². The molecule has 4 heteroatoms. The number of thiazole rings is 1. The van der Waals surface area contributed by atoms with Crippen LogP contribution in [0.25, 0.3) is 0 Å². The monoisotopic (exact) mass is 145 g/mol. The molecule has 2 N–H and O–H groups in total. The van der Waals surface area contributed by atoms with Crippen LogP contribution in [0.4, 0.5) is 0 Å². The number of aromatic nitrogens is 1. The molecular formula is C5H7NO2S. The van der Waals surface area contributed by atoms with Gasteiger partial charge in [-0.15, -0.1) is 11.3 Å². The van der Waals surface area contributed by atoms with Gasteiger partial charge < -0.3 is 10.2 Å². The van der Waals surface area contributed by atoms with E-state index in [0.29, 0.717) is 5.01 Å². The van der Waals surface area contributed by atoms with Gasteiger partial charge in [0.25, 0.3) is 0 Å². The number of aryl methyl sites for hydroxylation is 1. The summed E-state index contributed by atoms with van der Waals surface area (Å²) in [7, 11) is 0. The fourth-order valence-corrected chi connectivity index (χ4v) is 1.15. The standard InChI is InChI=1S/C5H7NO2S/c1-3-2-9-4(6-3)5(7)8/h2,5,7-8H,1H3. The van der Waals surface area contributed by atoms with Crippen LogP contribution in [0.3, 0.4) is 0 Å². The summed E-state index contributed by atoms with van der Waals surface area (Å²) in [5.41, 5.74) is 0.822. The van der Waals surface area contributed by atoms with Crippen molar-refractivity contribution >= 4 is 11.3 Å². The quantitative estimate of drug-likeness (QED) is 0.563. The minimum Gasteiger partial charge on any atom is -0.363 e. The molecule has 0 aliphatic carbocycles. The van der Waals surface area contributed by atoms with Crippen molar-refractivity contribution in [2.75, 3.05) is 0 Å². The van der Waals surface area contributed by atoms with Crippen molar-refractivity contribution in [3.05, 3.63) is 16.1 Å². The fraction of sp³-hybridized carbons (Fsp3) is 0.400. The summed E-state index contributed by atoms with van der Waals surface area (Å²) in [5.74, 6) is 0. The first-order chi connectivity index (χ1) is 4.20. The van der Waals surface area contributed by atoms with Crippen molar-refractivity contribution in [1.82, 2.24) is 4.98 Å². The molecule has 0 spiro atoms. The predicted molar refractivity (Wildman–Crippen MR) is 34.0 cm³/mol. The molecule has 0 saturated heterocycles. The number of nitrogens with zero attached hydrogens (tertiary/aromatic N) is 1. The Kier molecular flexibility index (Phi) is 1.80. The van der Waals surface area contributed by atoms with E-state index < -0.39 is 6.29 Å². The first kappa shape index (κ1) is 6.67. The Labute approximate surface area is 56.6 Å². The van der Waals surface area contributed by atoms with Crippen molar-refractivity contribution in [2.45, 2.75) is 13.2 Å². The normalized spacial score (nSPS) is 10.7. The van der Waals surface area contributed by atoms with E-state index in [1.165, 1.54) is 11.3 Å². The number of rotatable bonds is 1. The second kappa shape index (κ2) is 2.43. The lowest BCUT2D eigenvalue weighted by atomic mass is 10.6. The highest BCUT2D eigenvalue weighted by molar-refractivity contribution is 7.09. The van der Waals surface area contributed by atoms with Crippen LogP contribution < -0.4 is 0 Å². The fourth-order valence-electron chi connectivity index (χ4n) is 0.491. The number of aliphatic hydroxyl groups is 2. The highest BCUT2D eigenvalue weighted by Gasteiger charge is 2.04. The largest absolute Gasteiger partial charge is 0.363 e. The van der Waals surface area contributed by atoms with Crippen LogP contribution in [0.15, 0.2) is 5.38 Å². The third-order valence-electron chi connectivity index (χ3n) is 0.858. The maximum absolute atomic E-state index is 8.54. The molecule has 0 atom stereocenters. The molecule has 0 unspecified atom stereocenters. The molecule has 3 nitrogen and oxygen atoms in total. The smallest absolute Gasteiger partial charge is 0.205 e. The lowest BCUT2D eigenvalue weighted by Gasteiger charge is -1.93. The molecule has 1 rings (SSSR count). The van der Waals surface area contributed by atoms with Gasteiger partial charge >= 0.3 is 0 Å². The minimum absolute atomic E-state index is 0.354. The van der Waals surface area contributed by atoms with Crippen LogP contribution in [-0.4, -0.2) is 15.2 Å². The Hall–Kier alpha value is -0.450. The van der Waals surface area contributed by atoms with Crippen molar-refractivity contribution in [1.29, 1.82) is 0 Å². The van der Waals surface area contributed by atoms with Gasteiger partial charge in [0.1, 0.15) is 5.01 Å². The molecular weight excluding hydrogens is 138 g/mol. The Balaban J connectivity index is 2.85. The molecule has 0 radical (unpaired) electrons. The Morgan fingerprint density at radius 3 is 2.56 bits per heavy atom. The van der Waals surface area contributed by atoms with E-state index in [4.69, 9.17) is 10.2 Å². The molecule has 1 aromatic heterocycles. The molecule has 50 valence electrons. The zero-order valence-electron chi connectivity index (χ0n) is 4.90. The third kappa shape index (κ3) is 1.48. The van der Waals surface area contributed by atoms with E-state index in [1.807, 2.05) is 6.92 Å². The van der Waals surface area contributed by atoms with Crippen LogP contribution in [0.2, 0.25) is 0 Å². The van der Waals surface area contributed by atoms with E-state index in [-0.39, 0.29) is 0 Å². The van der Waals surface area contributed by atoms with E-state index >= 15 is 0 Å². The SMILES string of the molecule is Cc1csc(C(O)O)n1. The number of hydrogen-bond donors (Lipinski definition) is 2. The topological polar surface area (TPSA) is 53.4 Å². The van der Waals surface area contributed by atoms with Gasteiger partial charge in [-0.25, -0.2) is 4.98 Å². The summed E-state index contributed by atoms with van der Waals surface area (Å²) in [6.07, 6.45) is -1.41. The molecule has 1 aromatic rings. The summed E-state index contributed by atoms with van der Waals surface area (Å²) in [6, 6.07) is 0. The van der Waals surface area contributed by atoms with Crippen molar-refractivity contribution in [2.24, 2.45) is 0 Å². The minimum atomic E-state index is -1.41. The zero-order chi connectivity index (χ0) is 6.85. The van der Waals surface area contributed by atoms with Gasteiger partial charge in [-0.2, -0.15) is 0 Å². The second-order valence-electron chi connectivity index (χ2n) is 1.70. The summed E-state index contributed by atoms with van der Waals surface area (Å²) in [6.45, 7) is 1.81. The lowest BCUT2D eigenvalue weighted by Crippen LogP contribution is -1.92. The first-order valence-electron chi connectivity index (χ1n) is 2.48. The molecule has 0 saturated carbocycles. The molecule has 1 heterocycles. The average molecular weight is 145 g/mol. The molecule has 0 bridgehead atoms. The maximum Gasteiger partial charge on any atom is 0.205 e. The zero-order valence-corrected chi connectivity index (χ0v) is 5.72. The van der Waals surface area contributed by atoms with Gasteiger partial charge in [0, 0.05) is 11.1 Å².